The van der Waals surface area contributed by atoms with Crippen LogP contribution in [-0.2, 0) is 5.48 Å². The molecule has 5 heteroatoms. The van der Waals surface area contributed by atoms with Gasteiger partial charge in [0, 0.05) is 0 Å². The second kappa shape index (κ2) is 18.0. The zero-order chi connectivity index (χ0) is 2.71. The third-order valence-electron chi connectivity index (χ3n) is 0. The van der Waals surface area contributed by atoms with Crippen molar-refractivity contribution in [3.63, 3.8) is 0 Å². The number of halogens is 1. The molecule has 0 saturated carbocycles. The van der Waals surface area contributed by atoms with Crippen LogP contribution >= 0.6 is 0 Å². The fourth-order valence-corrected chi connectivity index (χ4v) is 0. The molecule has 0 aliphatic rings. The molecule has 5 heavy (non-hydrogen) atoms. The summed E-state index contributed by atoms with van der Waals surface area (Å²) in [6.45, 7) is 0. The molecule has 0 aromatic rings. The molecule has 28 valence electrons. The first kappa shape index (κ1) is 16.1. The van der Waals surface area contributed by atoms with Crippen molar-refractivity contribution in [3.05, 3.63) is 0 Å². The van der Waals surface area contributed by atoms with Gasteiger partial charge in [0.05, 0.1) is 0 Å². The summed E-state index contributed by atoms with van der Waals surface area (Å²) >= 11 is -0.167. The molecule has 0 heterocycles. The fourth-order valence-electron chi connectivity index (χ4n) is 0. The maximum absolute atomic E-state index is 8.35. The third-order valence-corrected chi connectivity index (χ3v) is 0. The first-order valence-corrected chi connectivity index (χ1v) is 0.970. The summed E-state index contributed by atoms with van der Waals surface area (Å²) in [7, 11) is 0. The largest absolute Gasteiger partial charge is 2.00 e. The monoisotopic (exact) mass is 124 g/mol. The average Bonchev–Trinajstić information content (AvgIpc) is 0.918. The molecule has 0 unspecified atom stereocenters. The Labute approximate surface area is 63.4 Å². The van der Waals surface area contributed by atoms with Gasteiger partial charge in [-0.2, -0.15) is 0 Å². The molecule has 0 aliphatic heterocycles. The van der Waals surface area contributed by atoms with Gasteiger partial charge in [0.25, 0.3) is 0 Å². The summed E-state index contributed by atoms with van der Waals surface area (Å²) in [5.74, 6) is 0. The van der Waals surface area contributed by atoms with Crippen molar-refractivity contribution in [1.82, 2.24) is 0 Å². The molecule has 0 aliphatic carbocycles. The van der Waals surface area contributed by atoms with Gasteiger partial charge < -0.3 is 10.1 Å². The molecule has 0 atom stereocenters. The maximum Gasteiger partial charge on any atom is 2.00 e. The molecular formula is HCaClO3. The van der Waals surface area contributed by atoms with Crippen LogP contribution in [0.25, 0.3) is 0 Å². The van der Waals surface area contributed by atoms with Crippen LogP contribution < -0.4 is 4.66 Å². The minimum atomic E-state index is -0.167. The van der Waals surface area contributed by atoms with Gasteiger partial charge >= 0.3 is 49.1 Å². The predicted octanol–water partition coefficient (Wildman–Crippen LogP) is -2.25. The molecule has 0 spiro atoms. The average molecular weight is 125 g/mol. The first-order valence-electron chi connectivity index (χ1n) is 0.323. The van der Waals surface area contributed by atoms with E-state index in [-0.39, 0.29) is 54.5 Å². The van der Waals surface area contributed by atoms with E-state index in [2.05, 4.69) is 0 Å². The molecule has 0 fully saturated rings. The second-order valence-electron chi connectivity index (χ2n) is 0.0690. The van der Waals surface area contributed by atoms with Crippen LogP contribution in [-0.4, -0.2) is 42.4 Å². The molecule has 0 saturated heterocycles. The van der Waals surface area contributed by atoms with Crippen LogP contribution in [0.3, 0.4) is 0 Å². The molecular weight excluding hydrogens is 124 g/mol. The normalized spacial score (nSPS) is 3.60. The molecule has 0 bridgehead atoms. The van der Waals surface area contributed by atoms with Crippen molar-refractivity contribution < 1.29 is 26.1 Å². The van der Waals surface area contributed by atoms with Crippen LogP contribution in [0.2, 0.25) is 0 Å². The summed E-state index contributed by atoms with van der Waals surface area (Å²) in [4.78, 5) is 0. The van der Waals surface area contributed by atoms with E-state index in [9.17, 15) is 0 Å². The van der Waals surface area contributed by atoms with Gasteiger partial charge in [0.1, 0.15) is 0 Å². The Hall–Kier alpha value is 1.43. The SMILES string of the molecule is [Ca+2].[O-2].[O-][Cl+]O. The van der Waals surface area contributed by atoms with E-state index in [4.69, 9.17) is 9.32 Å². The van der Waals surface area contributed by atoms with Crippen LogP contribution in [0.15, 0.2) is 0 Å². The summed E-state index contributed by atoms with van der Waals surface area (Å²) in [6.07, 6.45) is 0. The molecule has 0 amide bonds. The van der Waals surface area contributed by atoms with E-state index in [1.54, 1.807) is 0 Å². The predicted molar refractivity (Wildman–Crippen MR) is 8.66 cm³/mol. The Bertz CT molecular complexity index is 6.85. The first-order chi connectivity index (χ1) is 1.41. The Morgan fingerprint density at radius 1 is 1.60 bits per heavy atom. The Kier molecular flexibility index (Phi) is 58.2. The zero-order valence-corrected chi connectivity index (χ0v) is 5.31. The van der Waals surface area contributed by atoms with Crippen molar-refractivity contribution in [2.45, 2.75) is 0 Å². The second-order valence-corrected chi connectivity index (χ2v) is 0.207. The van der Waals surface area contributed by atoms with Gasteiger partial charge in [-0.05, 0) is 0 Å². The zero-order valence-electron chi connectivity index (χ0n) is 2.35. The topological polar surface area (TPSA) is 71.8 Å². The van der Waals surface area contributed by atoms with E-state index in [0.717, 1.165) is 0 Å². The molecule has 0 radical (unpaired) electrons. The Balaban J connectivity index is -0.0000000200. The molecule has 0 aromatic heterocycles. The van der Waals surface area contributed by atoms with Gasteiger partial charge in [0.15, 0.2) is 0 Å². The quantitative estimate of drug-likeness (QED) is 0.371. The van der Waals surface area contributed by atoms with Crippen molar-refractivity contribution in [2.24, 2.45) is 0 Å². The Morgan fingerprint density at radius 2 is 1.60 bits per heavy atom. The Morgan fingerprint density at radius 3 is 1.60 bits per heavy atom. The number of hydrogen-bond acceptors (Lipinski definition) is 2. The number of hydrogen-bond donors (Lipinski definition) is 1. The van der Waals surface area contributed by atoms with Gasteiger partial charge in [-0.25, -0.2) is 0 Å². The fraction of sp³-hybridized carbons (Fsp3) is 0. The molecule has 1 N–H and O–H groups in total. The van der Waals surface area contributed by atoms with Crippen LogP contribution in [0.4, 0.5) is 0 Å². The van der Waals surface area contributed by atoms with E-state index < -0.39 is 0 Å². The van der Waals surface area contributed by atoms with Gasteiger partial charge in [-0.15, -0.1) is 4.66 Å². The molecule has 3 nitrogen and oxygen atoms in total. The number of rotatable bonds is 0. The summed E-state index contributed by atoms with van der Waals surface area (Å²) in [6, 6.07) is 0. The smallest absolute Gasteiger partial charge is 2.00 e. The van der Waals surface area contributed by atoms with Gasteiger partial charge in [-0.1, -0.05) is 0 Å². The standard InChI is InChI=1S/Ca.ClHO2.O/c;2-1-3;/h;2H;/q+2;;-2. The summed E-state index contributed by atoms with van der Waals surface area (Å²) in [5.41, 5.74) is 0. The van der Waals surface area contributed by atoms with Crippen LogP contribution in [0.1, 0.15) is 0 Å². The van der Waals surface area contributed by atoms with E-state index in [1.807, 2.05) is 0 Å². The summed E-state index contributed by atoms with van der Waals surface area (Å²) in [5, 5.41) is 0. The molecule has 0 aromatic carbocycles. The van der Waals surface area contributed by atoms with E-state index in [1.165, 1.54) is 0 Å². The third kappa shape index (κ3) is 31.2. The maximum atomic E-state index is 8.35. The summed E-state index contributed by atoms with van der Waals surface area (Å²) < 4.78 is 15.2. The van der Waals surface area contributed by atoms with E-state index >= 15 is 0 Å². The van der Waals surface area contributed by atoms with Crippen molar-refractivity contribution in [1.29, 1.82) is 0 Å². The van der Waals surface area contributed by atoms with Crippen LogP contribution in [0.5, 0.6) is 0 Å². The minimum absolute atomic E-state index is 0. The minimum Gasteiger partial charge on any atom is -2.00 e. The van der Waals surface area contributed by atoms with Gasteiger partial charge in [-0.3, -0.25) is 0 Å². The van der Waals surface area contributed by atoms with Crippen molar-refractivity contribution in [3.8, 4) is 0 Å². The van der Waals surface area contributed by atoms with E-state index in [0.29, 0.717) is 0 Å². The molecule has 0 rings (SSSR count). The van der Waals surface area contributed by atoms with Gasteiger partial charge in [0.2, 0.25) is 0 Å². The van der Waals surface area contributed by atoms with Crippen molar-refractivity contribution >= 4 is 37.7 Å². The van der Waals surface area contributed by atoms with Crippen LogP contribution in [0, 0.1) is 11.3 Å². The van der Waals surface area contributed by atoms with Crippen molar-refractivity contribution in [2.75, 3.05) is 0 Å².